The van der Waals surface area contributed by atoms with Crippen molar-refractivity contribution in [1.29, 1.82) is 5.26 Å². The summed E-state index contributed by atoms with van der Waals surface area (Å²) in [6.07, 6.45) is 10.0. The predicted molar refractivity (Wildman–Crippen MR) is 71.3 cm³/mol. The minimum Gasteiger partial charge on any atom is -0.357 e. The van der Waals surface area contributed by atoms with Crippen LogP contribution >= 0.6 is 0 Å². The molecule has 3 rings (SSSR count). The summed E-state index contributed by atoms with van der Waals surface area (Å²) in [6.45, 7) is 2.20. The molecule has 18 heavy (non-hydrogen) atoms. The lowest BCUT2D eigenvalue weighted by Crippen LogP contribution is -2.39. The third-order valence-electron chi connectivity index (χ3n) is 4.69. The van der Waals surface area contributed by atoms with Crippen LogP contribution in [0.1, 0.15) is 44.1 Å². The smallest absolute Gasteiger partial charge is 0.129 e. The van der Waals surface area contributed by atoms with E-state index >= 15 is 0 Å². The summed E-state index contributed by atoms with van der Waals surface area (Å²) in [5.41, 5.74) is 1.35. The van der Waals surface area contributed by atoms with Crippen molar-refractivity contribution >= 4 is 5.82 Å². The molecule has 1 aromatic rings. The Morgan fingerprint density at radius 3 is 2.56 bits per heavy atom. The zero-order valence-electron chi connectivity index (χ0n) is 10.7. The van der Waals surface area contributed by atoms with Gasteiger partial charge in [0.15, 0.2) is 0 Å². The lowest BCUT2D eigenvalue weighted by molar-refractivity contribution is 0.226. The SMILES string of the molecule is N#Cc1ccnc(N2CCC3(CCCC3)CC2)c1. The number of aromatic nitrogens is 1. The fraction of sp³-hybridized carbons (Fsp3) is 0.600. The number of pyridine rings is 1. The number of hydrogen-bond acceptors (Lipinski definition) is 3. The molecule has 1 aliphatic carbocycles. The van der Waals surface area contributed by atoms with Crippen LogP contribution in [0.25, 0.3) is 0 Å². The van der Waals surface area contributed by atoms with Crippen molar-refractivity contribution in [3.63, 3.8) is 0 Å². The molecular weight excluding hydrogens is 222 g/mol. The molecule has 1 saturated carbocycles. The van der Waals surface area contributed by atoms with Gasteiger partial charge < -0.3 is 4.90 Å². The minimum absolute atomic E-state index is 0.642. The van der Waals surface area contributed by atoms with E-state index in [2.05, 4.69) is 16.0 Å². The van der Waals surface area contributed by atoms with Crippen LogP contribution in [0.15, 0.2) is 18.3 Å². The summed E-state index contributed by atoms with van der Waals surface area (Å²) < 4.78 is 0. The number of rotatable bonds is 1. The monoisotopic (exact) mass is 241 g/mol. The van der Waals surface area contributed by atoms with E-state index in [4.69, 9.17) is 5.26 Å². The Labute approximate surface area is 108 Å². The third kappa shape index (κ3) is 2.08. The van der Waals surface area contributed by atoms with Crippen LogP contribution in [-0.4, -0.2) is 18.1 Å². The third-order valence-corrected chi connectivity index (χ3v) is 4.69. The summed E-state index contributed by atoms with van der Waals surface area (Å²) in [5, 5.41) is 8.93. The van der Waals surface area contributed by atoms with E-state index in [0.717, 1.165) is 18.9 Å². The first-order chi connectivity index (χ1) is 8.81. The maximum Gasteiger partial charge on any atom is 0.129 e. The second kappa shape index (κ2) is 4.61. The van der Waals surface area contributed by atoms with E-state index < -0.39 is 0 Å². The molecule has 1 spiro atoms. The number of anilines is 1. The average molecular weight is 241 g/mol. The predicted octanol–water partition coefficient (Wildman–Crippen LogP) is 3.11. The van der Waals surface area contributed by atoms with Gasteiger partial charge in [-0.3, -0.25) is 0 Å². The van der Waals surface area contributed by atoms with Gasteiger partial charge in [0.2, 0.25) is 0 Å². The molecule has 2 aliphatic rings. The topological polar surface area (TPSA) is 39.9 Å². The van der Waals surface area contributed by atoms with Crippen molar-refractivity contribution in [2.45, 2.75) is 38.5 Å². The molecule has 0 aromatic carbocycles. The van der Waals surface area contributed by atoms with Crippen molar-refractivity contribution in [3.05, 3.63) is 23.9 Å². The molecule has 94 valence electrons. The van der Waals surface area contributed by atoms with Crippen LogP contribution < -0.4 is 4.90 Å². The van der Waals surface area contributed by atoms with Gasteiger partial charge in [0.05, 0.1) is 11.6 Å². The first kappa shape index (κ1) is 11.5. The molecule has 0 atom stereocenters. The summed E-state index contributed by atoms with van der Waals surface area (Å²) in [7, 11) is 0. The highest BCUT2D eigenvalue weighted by Gasteiger charge is 2.37. The van der Waals surface area contributed by atoms with E-state index in [-0.39, 0.29) is 0 Å². The Bertz CT molecular complexity index is 459. The van der Waals surface area contributed by atoms with Gasteiger partial charge in [-0.25, -0.2) is 4.98 Å². The highest BCUT2D eigenvalue weighted by atomic mass is 15.2. The summed E-state index contributed by atoms with van der Waals surface area (Å²) in [4.78, 5) is 6.74. The molecule has 0 unspecified atom stereocenters. The van der Waals surface area contributed by atoms with Gasteiger partial charge in [0.1, 0.15) is 5.82 Å². The largest absolute Gasteiger partial charge is 0.357 e. The second-order valence-corrected chi connectivity index (χ2v) is 5.71. The summed E-state index contributed by atoms with van der Waals surface area (Å²) in [6, 6.07) is 5.87. The average Bonchev–Trinajstić information content (AvgIpc) is 2.88. The molecule has 1 aliphatic heterocycles. The van der Waals surface area contributed by atoms with Gasteiger partial charge in [-0.15, -0.1) is 0 Å². The Kier molecular flexibility index (Phi) is 2.95. The van der Waals surface area contributed by atoms with Gasteiger partial charge in [0.25, 0.3) is 0 Å². The van der Waals surface area contributed by atoms with E-state index in [1.54, 1.807) is 12.3 Å². The van der Waals surface area contributed by atoms with Gasteiger partial charge in [-0.1, -0.05) is 12.8 Å². The second-order valence-electron chi connectivity index (χ2n) is 5.71. The van der Waals surface area contributed by atoms with E-state index in [9.17, 15) is 0 Å². The molecule has 2 fully saturated rings. The Morgan fingerprint density at radius 1 is 1.17 bits per heavy atom. The normalized spacial score (nSPS) is 22.1. The fourth-order valence-corrected chi connectivity index (χ4v) is 3.50. The molecule has 0 N–H and O–H groups in total. The lowest BCUT2D eigenvalue weighted by atomic mass is 9.77. The van der Waals surface area contributed by atoms with Gasteiger partial charge in [-0.2, -0.15) is 5.26 Å². The maximum absolute atomic E-state index is 8.93. The Morgan fingerprint density at radius 2 is 1.89 bits per heavy atom. The van der Waals surface area contributed by atoms with Gasteiger partial charge >= 0.3 is 0 Å². The summed E-state index contributed by atoms with van der Waals surface area (Å²) in [5.74, 6) is 0.974. The van der Waals surface area contributed by atoms with E-state index in [1.165, 1.54) is 38.5 Å². The van der Waals surface area contributed by atoms with Gasteiger partial charge in [-0.05, 0) is 43.2 Å². The number of nitrogens with zero attached hydrogens (tertiary/aromatic N) is 3. The van der Waals surface area contributed by atoms with Crippen LogP contribution in [0.2, 0.25) is 0 Å². The van der Waals surface area contributed by atoms with Crippen LogP contribution in [0, 0.1) is 16.7 Å². The molecule has 0 radical (unpaired) electrons. The van der Waals surface area contributed by atoms with Crippen LogP contribution in [0.3, 0.4) is 0 Å². The molecule has 1 saturated heterocycles. The fourth-order valence-electron chi connectivity index (χ4n) is 3.50. The van der Waals surface area contributed by atoms with Crippen molar-refractivity contribution < 1.29 is 0 Å². The van der Waals surface area contributed by atoms with Crippen LogP contribution in [0.5, 0.6) is 0 Å². The van der Waals surface area contributed by atoms with Crippen molar-refractivity contribution in [2.75, 3.05) is 18.0 Å². The molecule has 1 aromatic heterocycles. The summed E-state index contributed by atoms with van der Waals surface area (Å²) >= 11 is 0. The first-order valence-corrected chi connectivity index (χ1v) is 6.93. The van der Waals surface area contributed by atoms with Crippen molar-refractivity contribution in [3.8, 4) is 6.07 Å². The van der Waals surface area contributed by atoms with Gasteiger partial charge in [0, 0.05) is 19.3 Å². The molecule has 2 heterocycles. The molecular formula is C15H19N3. The molecule has 0 bridgehead atoms. The molecule has 3 nitrogen and oxygen atoms in total. The number of piperidine rings is 1. The number of nitriles is 1. The van der Waals surface area contributed by atoms with E-state index in [1.807, 2.05) is 6.07 Å². The first-order valence-electron chi connectivity index (χ1n) is 6.93. The van der Waals surface area contributed by atoms with Crippen molar-refractivity contribution in [1.82, 2.24) is 4.98 Å². The quantitative estimate of drug-likeness (QED) is 0.758. The van der Waals surface area contributed by atoms with Crippen LogP contribution in [0.4, 0.5) is 5.82 Å². The number of hydrogen-bond donors (Lipinski definition) is 0. The molecule has 3 heteroatoms. The zero-order valence-corrected chi connectivity index (χ0v) is 10.7. The Balaban J connectivity index is 1.70. The highest BCUT2D eigenvalue weighted by Crippen LogP contribution is 2.46. The standard InChI is InChI=1S/C15H19N3/c16-12-13-3-8-17-14(11-13)18-9-6-15(7-10-18)4-1-2-5-15/h3,8,11H,1-2,4-7,9-10H2. The van der Waals surface area contributed by atoms with Crippen LogP contribution in [-0.2, 0) is 0 Å². The maximum atomic E-state index is 8.93. The minimum atomic E-state index is 0.642. The van der Waals surface area contributed by atoms with Crippen molar-refractivity contribution in [2.24, 2.45) is 5.41 Å². The lowest BCUT2D eigenvalue weighted by Gasteiger charge is -2.40. The zero-order chi connectivity index (χ0) is 12.4. The molecule has 0 amide bonds. The highest BCUT2D eigenvalue weighted by molar-refractivity contribution is 5.45. The van der Waals surface area contributed by atoms with E-state index in [0.29, 0.717) is 11.0 Å². The Hall–Kier alpha value is -1.56.